The average molecular weight is 348 g/mol. The molecular weight excluding hydrogens is 328 g/mol. The van der Waals surface area contributed by atoms with Crippen LogP contribution in [0.5, 0.6) is 5.75 Å². The van der Waals surface area contributed by atoms with Gasteiger partial charge in [0.1, 0.15) is 5.75 Å². The van der Waals surface area contributed by atoms with E-state index in [-0.39, 0.29) is 5.91 Å². The molecule has 0 N–H and O–H groups in total. The largest absolute Gasteiger partial charge is 0.497 e. The van der Waals surface area contributed by atoms with E-state index in [2.05, 4.69) is 27.0 Å². The van der Waals surface area contributed by atoms with E-state index >= 15 is 0 Å². The first-order chi connectivity index (χ1) is 12.7. The maximum absolute atomic E-state index is 12.8. The summed E-state index contributed by atoms with van der Waals surface area (Å²) < 4.78 is 5.20. The van der Waals surface area contributed by atoms with Crippen LogP contribution in [-0.4, -0.2) is 54.1 Å². The molecule has 0 radical (unpaired) electrons. The van der Waals surface area contributed by atoms with E-state index in [1.807, 2.05) is 35.2 Å². The number of hydrogen-bond donors (Lipinski definition) is 0. The van der Waals surface area contributed by atoms with Gasteiger partial charge in [0, 0.05) is 49.8 Å². The highest BCUT2D eigenvalue weighted by Gasteiger charge is 2.22. The molecule has 1 aromatic heterocycles. The number of amides is 1. The molecule has 6 nitrogen and oxygen atoms in total. The predicted octanol–water partition coefficient (Wildman–Crippen LogP) is 2.60. The van der Waals surface area contributed by atoms with Gasteiger partial charge in [0.2, 0.25) is 0 Å². The van der Waals surface area contributed by atoms with Crippen molar-refractivity contribution in [3.63, 3.8) is 0 Å². The van der Waals surface area contributed by atoms with Crippen molar-refractivity contribution in [2.75, 3.05) is 38.2 Å². The molecule has 6 heteroatoms. The Morgan fingerprint density at radius 3 is 2.31 bits per heavy atom. The van der Waals surface area contributed by atoms with Crippen molar-refractivity contribution in [3.05, 3.63) is 60.4 Å². The van der Waals surface area contributed by atoms with Crippen LogP contribution in [0.15, 0.2) is 54.9 Å². The summed E-state index contributed by atoms with van der Waals surface area (Å²) >= 11 is 0. The molecule has 1 fully saturated rings. The summed E-state index contributed by atoms with van der Waals surface area (Å²) in [4.78, 5) is 25.5. The lowest BCUT2D eigenvalue weighted by atomic mass is 10.1. The lowest BCUT2D eigenvalue weighted by Gasteiger charge is -2.36. The van der Waals surface area contributed by atoms with Crippen LogP contribution in [0.2, 0.25) is 0 Å². The highest BCUT2D eigenvalue weighted by atomic mass is 16.5. The second-order valence-corrected chi connectivity index (χ2v) is 6.24. The fourth-order valence-corrected chi connectivity index (χ4v) is 3.24. The molecule has 0 aliphatic carbocycles. The molecule has 26 heavy (non-hydrogen) atoms. The van der Waals surface area contributed by atoms with Gasteiger partial charge in [0.25, 0.3) is 5.91 Å². The maximum atomic E-state index is 12.8. The van der Waals surface area contributed by atoms with Crippen LogP contribution < -0.4 is 9.64 Å². The number of carbonyl (C=O) groups is 1. The van der Waals surface area contributed by atoms with E-state index in [9.17, 15) is 4.79 Å². The van der Waals surface area contributed by atoms with Crippen molar-refractivity contribution in [2.45, 2.75) is 0 Å². The van der Waals surface area contributed by atoms with Crippen molar-refractivity contribution in [1.82, 2.24) is 14.9 Å². The Bertz CT molecular complexity index is 919. The Morgan fingerprint density at radius 2 is 1.62 bits per heavy atom. The van der Waals surface area contributed by atoms with E-state index in [4.69, 9.17) is 4.74 Å². The fraction of sp³-hybridized carbons (Fsp3) is 0.250. The van der Waals surface area contributed by atoms with Gasteiger partial charge in [-0.3, -0.25) is 14.8 Å². The quantitative estimate of drug-likeness (QED) is 0.728. The van der Waals surface area contributed by atoms with Crippen LogP contribution >= 0.6 is 0 Å². The Hall–Kier alpha value is -3.15. The summed E-state index contributed by atoms with van der Waals surface area (Å²) in [7, 11) is 1.66. The van der Waals surface area contributed by atoms with Gasteiger partial charge in [-0.1, -0.05) is 0 Å². The number of rotatable bonds is 3. The Morgan fingerprint density at radius 1 is 0.923 bits per heavy atom. The second-order valence-electron chi connectivity index (χ2n) is 6.24. The first-order valence-electron chi connectivity index (χ1n) is 8.63. The molecule has 132 valence electrons. The third kappa shape index (κ3) is 3.18. The van der Waals surface area contributed by atoms with E-state index < -0.39 is 0 Å². The first-order valence-corrected chi connectivity index (χ1v) is 8.63. The minimum Gasteiger partial charge on any atom is -0.497 e. The number of fused-ring (bicyclic) bond motifs is 1. The summed E-state index contributed by atoms with van der Waals surface area (Å²) in [6, 6.07) is 13.5. The van der Waals surface area contributed by atoms with Crippen LogP contribution in [-0.2, 0) is 0 Å². The number of aromatic nitrogens is 2. The summed E-state index contributed by atoms with van der Waals surface area (Å²) in [5.74, 6) is 0.897. The van der Waals surface area contributed by atoms with Crippen molar-refractivity contribution in [1.29, 1.82) is 0 Å². The van der Waals surface area contributed by atoms with Crippen molar-refractivity contribution in [2.24, 2.45) is 0 Å². The van der Waals surface area contributed by atoms with Gasteiger partial charge in [-0.25, -0.2) is 0 Å². The molecule has 2 aromatic carbocycles. The predicted molar refractivity (Wildman–Crippen MR) is 101 cm³/mol. The molecule has 1 saturated heterocycles. The topological polar surface area (TPSA) is 58.6 Å². The number of piperazine rings is 1. The molecule has 0 bridgehead atoms. The zero-order valence-corrected chi connectivity index (χ0v) is 14.6. The standard InChI is InChI=1S/C20H20N4O2/c1-26-17-5-3-16(4-6-17)23-10-12-24(13-11-23)20(25)15-2-7-18-19(14-15)22-9-8-21-18/h2-9,14H,10-13H2,1H3. The monoisotopic (exact) mass is 348 g/mol. The van der Waals surface area contributed by atoms with Crippen LogP contribution in [0.25, 0.3) is 11.0 Å². The van der Waals surface area contributed by atoms with Gasteiger partial charge in [-0.05, 0) is 42.5 Å². The van der Waals surface area contributed by atoms with E-state index in [0.29, 0.717) is 18.7 Å². The number of methoxy groups -OCH3 is 1. The van der Waals surface area contributed by atoms with Crippen molar-refractivity contribution in [3.8, 4) is 5.75 Å². The van der Waals surface area contributed by atoms with Gasteiger partial charge in [-0.15, -0.1) is 0 Å². The lowest BCUT2D eigenvalue weighted by molar-refractivity contribution is 0.0747. The molecule has 4 rings (SSSR count). The summed E-state index contributed by atoms with van der Waals surface area (Å²) in [6.45, 7) is 3.02. The highest BCUT2D eigenvalue weighted by Crippen LogP contribution is 2.21. The number of carbonyl (C=O) groups excluding carboxylic acids is 1. The molecule has 0 saturated carbocycles. The minimum atomic E-state index is 0.0481. The fourth-order valence-electron chi connectivity index (χ4n) is 3.24. The Labute approximate surface area is 152 Å². The lowest BCUT2D eigenvalue weighted by Crippen LogP contribution is -2.48. The summed E-state index contributed by atoms with van der Waals surface area (Å²) in [5, 5.41) is 0. The van der Waals surface area contributed by atoms with Crippen molar-refractivity contribution >= 4 is 22.6 Å². The summed E-state index contributed by atoms with van der Waals surface area (Å²) in [5.41, 5.74) is 3.36. The van der Waals surface area contributed by atoms with Crippen LogP contribution in [0.4, 0.5) is 5.69 Å². The van der Waals surface area contributed by atoms with E-state index in [0.717, 1.165) is 35.6 Å². The SMILES string of the molecule is COc1ccc(N2CCN(C(=O)c3ccc4nccnc4c3)CC2)cc1. The molecule has 0 spiro atoms. The maximum Gasteiger partial charge on any atom is 0.254 e. The van der Waals surface area contributed by atoms with Crippen LogP contribution in [0.3, 0.4) is 0 Å². The number of nitrogens with zero attached hydrogens (tertiary/aromatic N) is 4. The number of ether oxygens (including phenoxy) is 1. The van der Waals surface area contributed by atoms with Gasteiger partial charge >= 0.3 is 0 Å². The molecule has 1 amide bonds. The smallest absolute Gasteiger partial charge is 0.254 e. The zero-order valence-electron chi connectivity index (χ0n) is 14.6. The van der Waals surface area contributed by atoms with Gasteiger partial charge in [0.15, 0.2) is 0 Å². The molecule has 3 aromatic rings. The normalized spacial score (nSPS) is 14.5. The molecule has 0 atom stereocenters. The Kier molecular flexibility index (Phi) is 4.39. The number of anilines is 1. The van der Waals surface area contributed by atoms with Gasteiger partial charge in [0.05, 0.1) is 18.1 Å². The first kappa shape index (κ1) is 16.3. The van der Waals surface area contributed by atoms with Crippen molar-refractivity contribution < 1.29 is 9.53 Å². The number of benzene rings is 2. The van der Waals surface area contributed by atoms with Crippen LogP contribution in [0.1, 0.15) is 10.4 Å². The number of hydrogen-bond acceptors (Lipinski definition) is 5. The third-order valence-electron chi connectivity index (χ3n) is 4.72. The highest BCUT2D eigenvalue weighted by molar-refractivity contribution is 5.97. The Balaban J connectivity index is 1.43. The van der Waals surface area contributed by atoms with E-state index in [1.165, 1.54) is 0 Å². The molecule has 2 heterocycles. The van der Waals surface area contributed by atoms with Gasteiger partial charge in [-0.2, -0.15) is 0 Å². The summed E-state index contributed by atoms with van der Waals surface area (Å²) in [6.07, 6.45) is 3.30. The molecule has 0 unspecified atom stereocenters. The molecule has 1 aliphatic heterocycles. The van der Waals surface area contributed by atoms with Gasteiger partial charge < -0.3 is 14.5 Å². The molecule has 1 aliphatic rings. The zero-order chi connectivity index (χ0) is 17.9. The van der Waals surface area contributed by atoms with E-state index in [1.54, 1.807) is 19.5 Å². The second kappa shape index (κ2) is 7.00. The molecular formula is C20H20N4O2. The van der Waals surface area contributed by atoms with Crippen LogP contribution in [0, 0.1) is 0 Å². The third-order valence-corrected chi connectivity index (χ3v) is 4.72. The minimum absolute atomic E-state index is 0.0481. The average Bonchev–Trinajstić information content (AvgIpc) is 2.73.